The van der Waals surface area contributed by atoms with Crippen LogP contribution in [0, 0.1) is 0 Å². The molecule has 4 aromatic rings. The lowest BCUT2D eigenvalue weighted by Crippen LogP contribution is -2.37. The highest BCUT2D eigenvalue weighted by Crippen LogP contribution is 2.23. The average Bonchev–Trinajstić information content (AvgIpc) is 3.34. The molecule has 0 unspecified atom stereocenters. The fourth-order valence-electron chi connectivity index (χ4n) is 3.08. The Labute approximate surface area is 177 Å². The molecular weight excluding hydrogens is 458 g/mol. The molecule has 3 aromatic heterocycles. The molecule has 1 aromatic carbocycles. The van der Waals surface area contributed by atoms with Crippen LogP contribution in [0.3, 0.4) is 0 Å². The normalized spacial score (nSPS) is 11.1. The molecule has 29 heavy (non-hydrogen) atoms. The van der Waals surface area contributed by atoms with Crippen LogP contribution in [0.2, 0.25) is 0 Å². The van der Waals surface area contributed by atoms with Gasteiger partial charge in [0.05, 0.1) is 0 Å². The number of aromatic nitrogens is 4. The molecule has 0 bridgehead atoms. The summed E-state index contributed by atoms with van der Waals surface area (Å²) in [5, 5.41) is 6.89. The number of nitrogens with zero attached hydrogens (tertiary/aromatic N) is 4. The second kappa shape index (κ2) is 7.45. The van der Waals surface area contributed by atoms with Crippen LogP contribution in [0.25, 0.3) is 22.3 Å². The maximum Gasteiger partial charge on any atom is 0.332 e. The van der Waals surface area contributed by atoms with Crippen molar-refractivity contribution in [3.8, 4) is 11.1 Å². The first-order chi connectivity index (χ1) is 13.9. The third-order valence-corrected chi connectivity index (χ3v) is 5.91. The standard InChI is InChI=1S/C19H16BrN5O3S/c1-23-16-15(17(27)24(2)19(23)28)25(18(20)22-16)9-14(26)21-13-5-3-11(4-6-13)12-7-8-29-10-12/h3-8,10H,9H2,1-2H3,(H,21,26). The molecule has 10 heteroatoms. The van der Waals surface area contributed by atoms with E-state index < -0.39 is 11.2 Å². The maximum atomic E-state index is 12.6. The number of fused-ring (bicyclic) bond motifs is 1. The minimum Gasteiger partial charge on any atom is -0.325 e. The predicted octanol–water partition coefficient (Wildman–Crippen LogP) is 2.56. The van der Waals surface area contributed by atoms with Gasteiger partial charge in [-0.25, -0.2) is 9.78 Å². The van der Waals surface area contributed by atoms with Gasteiger partial charge in [-0.05, 0) is 56.0 Å². The van der Waals surface area contributed by atoms with Gasteiger partial charge < -0.3 is 9.88 Å². The van der Waals surface area contributed by atoms with Crippen LogP contribution in [0.15, 0.2) is 55.4 Å². The van der Waals surface area contributed by atoms with E-state index in [0.29, 0.717) is 10.4 Å². The van der Waals surface area contributed by atoms with Crippen LogP contribution in [-0.4, -0.2) is 24.6 Å². The van der Waals surface area contributed by atoms with E-state index >= 15 is 0 Å². The minimum absolute atomic E-state index is 0.128. The summed E-state index contributed by atoms with van der Waals surface area (Å²) in [5.74, 6) is -0.316. The summed E-state index contributed by atoms with van der Waals surface area (Å²) in [7, 11) is 2.92. The van der Waals surface area contributed by atoms with E-state index in [9.17, 15) is 14.4 Å². The van der Waals surface area contributed by atoms with Crippen molar-refractivity contribution in [2.24, 2.45) is 14.1 Å². The summed E-state index contributed by atoms with van der Waals surface area (Å²) in [6.07, 6.45) is 0. The van der Waals surface area contributed by atoms with Crippen LogP contribution in [0.4, 0.5) is 5.69 Å². The molecule has 0 saturated carbocycles. The number of thiophene rings is 1. The number of benzene rings is 1. The largest absolute Gasteiger partial charge is 0.332 e. The van der Waals surface area contributed by atoms with Crippen molar-refractivity contribution < 1.29 is 4.79 Å². The number of hydrogen-bond acceptors (Lipinski definition) is 5. The number of aryl methyl sites for hydroxylation is 1. The van der Waals surface area contributed by atoms with Gasteiger partial charge in [-0.15, -0.1) is 0 Å². The molecule has 0 radical (unpaired) electrons. The molecule has 0 spiro atoms. The van der Waals surface area contributed by atoms with E-state index in [1.54, 1.807) is 11.3 Å². The molecule has 1 amide bonds. The number of carbonyl (C=O) groups is 1. The molecule has 148 valence electrons. The summed E-state index contributed by atoms with van der Waals surface area (Å²) >= 11 is 4.91. The van der Waals surface area contributed by atoms with E-state index in [-0.39, 0.29) is 23.6 Å². The van der Waals surface area contributed by atoms with Crippen LogP contribution < -0.4 is 16.6 Å². The van der Waals surface area contributed by atoms with E-state index in [4.69, 9.17) is 0 Å². The summed E-state index contributed by atoms with van der Waals surface area (Å²) in [6.45, 7) is -0.128. The van der Waals surface area contributed by atoms with Gasteiger partial charge in [0.25, 0.3) is 5.56 Å². The molecule has 3 heterocycles. The smallest absolute Gasteiger partial charge is 0.325 e. The van der Waals surface area contributed by atoms with Gasteiger partial charge in [0.1, 0.15) is 6.54 Å². The third-order valence-electron chi connectivity index (χ3n) is 4.63. The summed E-state index contributed by atoms with van der Waals surface area (Å²) < 4.78 is 4.02. The van der Waals surface area contributed by atoms with Crippen molar-refractivity contribution >= 4 is 50.0 Å². The van der Waals surface area contributed by atoms with Crippen LogP contribution in [0.5, 0.6) is 0 Å². The topological polar surface area (TPSA) is 90.9 Å². The predicted molar refractivity (Wildman–Crippen MR) is 116 cm³/mol. The molecule has 0 atom stereocenters. The zero-order valence-electron chi connectivity index (χ0n) is 15.5. The Balaban J connectivity index is 1.60. The fraction of sp³-hybridized carbons (Fsp3) is 0.158. The average molecular weight is 474 g/mol. The van der Waals surface area contributed by atoms with E-state index in [1.165, 1.54) is 23.2 Å². The van der Waals surface area contributed by atoms with Gasteiger partial charge >= 0.3 is 5.69 Å². The molecule has 1 N–H and O–H groups in total. The molecule has 4 rings (SSSR count). The van der Waals surface area contributed by atoms with Gasteiger partial charge in [0, 0.05) is 19.8 Å². The minimum atomic E-state index is -0.505. The molecule has 0 aliphatic heterocycles. The highest BCUT2D eigenvalue weighted by atomic mass is 79.9. The number of hydrogen-bond donors (Lipinski definition) is 1. The lowest BCUT2D eigenvalue weighted by molar-refractivity contribution is -0.116. The van der Waals surface area contributed by atoms with Crippen molar-refractivity contribution in [1.29, 1.82) is 0 Å². The second-order valence-electron chi connectivity index (χ2n) is 6.48. The summed E-state index contributed by atoms with van der Waals surface area (Å²) in [6, 6.07) is 9.56. The van der Waals surface area contributed by atoms with Crippen LogP contribution in [0.1, 0.15) is 0 Å². The number of nitrogens with one attached hydrogen (secondary N) is 1. The molecular formula is C19H16BrN5O3S. The lowest BCUT2D eigenvalue weighted by Gasteiger charge is -2.09. The van der Waals surface area contributed by atoms with Gasteiger partial charge in [0.2, 0.25) is 5.91 Å². The van der Waals surface area contributed by atoms with Crippen molar-refractivity contribution in [3.63, 3.8) is 0 Å². The van der Waals surface area contributed by atoms with Gasteiger partial charge in [-0.3, -0.25) is 18.7 Å². The summed E-state index contributed by atoms with van der Waals surface area (Å²) in [5.41, 5.74) is 2.27. The van der Waals surface area contributed by atoms with Crippen molar-refractivity contribution in [3.05, 3.63) is 66.7 Å². The van der Waals surface area contributed by atoms with Crippen molar-refractivity contribution in [2.75, 3.05) is 5.32 Å². The fourth-order valence-corrected chi connectivity index (χ4v) is 4.22. The highest BCUT2D eigenvalue weighted by molar-refractivity contribution is 9.10. The zero-order valence-corrected chi connectivity index (χ0v) is 18.0. The Bertz CT molecular complexity index is 1330. The summed E-state index contributed by atoms with van der Waals surface area (Å²) in [4.78, 5) is 41.5. The van der Waals surface area contributed by atoms with Crippen LogP contribution in [-0.2, 0) is 25.4 Å². The Morgan fingerprint density at radius 3 is 2.48 bits per heavy atom. The van der Waals surface area contributed by atoms with E-state index in [2.05, 4.69) is 31.6 Å². The monoisotopic (exact) mass is 473 g/mol. The van der Waals surface area contributed by atoms with Crippen LogP contribution >= 0.6 is 27.3 Å². The first kappa shape index (κ1) is 19.3. The number of halogens is 1. The van der Waals surface area contributed by atoms with Gasteiger partial charge in [-0.2, -0.15) is 11.3 Å². The first-order valence-corrected chi connectivity index (χ1v) is 10.3. The zero-order chi connectivity index (χ0) is 20.7. The van der Waals surface area contributed by atoms with Gasteiger partial charge in [0.15, 0.2) is 15.9 Å². The molecule has 8 nitrogen and oxygen atoms in total. The maximum absolute atomic E-state index is 12.6. The van der Waals surface area contributed by atoms with Crippen molar-refractivity contribution in [2.45, 2.75) is 6.54 Å². The second-order valence-corrected chi connectivity index (χ2v) is 7.97. The number of anilines is 1. The quantitative estimate of drug-likeness (QED) is 0.461. The third kappa shape index (κ3) is 3.45. The van der Waals surface area contributed by atoms with Crippen molar-refractivity contribution in [1.82, 2.24) is 18.7 Å². The lowest BCUT2D eigenvalue weighted by atomic mass is 10.1. The van der Waals surface area contributed by atoms with E-state index in [1.807, 2.05) is 35.7 Å². The molecule has 0 aliphatic rings. The van der Waals surface area contributed by atoms with Gasteiger partial charge in [-0.1, -0.05) is 12.1 Å². The Kier molecular flexibility index (Phi) is 4.97. The first-order valence-electron chi connectivity index (χ1n) is 8.61. The molecule has 0 aliphatic carbocycles. The number of carbonyl (C=O) groups excluding carboxylic acids is 1. The number of amides is 1. The Morgan fingerprint density at radius 1 is 1.10 bits per heavy atom. The van der Waals surface area contributed by atoms with E-state index in [0.717, 1.165) is 15.7 Å². The number of imidazole rings is 1. The highest BCUT2D eigenvalue weighted by Gasteiger charge is 2.19. The molecule has 0 fully saturated rings. The molecule has 0 saturated heterocycles. The Hall–Kier alpha value is -2.98. The number of rotatable bonds is 4. The SMILES string of the molecule is Cn1c(=O)c2c(nc(Br)n2CC(=O)Nc2ccc(-c3ccsc3)cc2)n(C)c1=O. The Morgan fingerprint density at radius 2 is 1.83 bits per heavy atom.